The summed E-state index contributed by atoms with van der Waals surface area (Å²) in [6.45, 7) is 2.26. The lowest BCUT2D eigenvalue weighted by Crippen LogP contribution is -2.13. The van der Waals surface area contributed by atoms with Crippen LogP contribution < -0.4 is 0 Å². The Morgan fingerprint density at radius 2 is 1.68 bits per heavy atom. The smallest absolute Gasteiger partial charge is 0.198 e. The number of unbranched alkanes of at least 4 members (excludes halogenated alkanes) is 3. The molecule has 0 atom stereocenters. The van der Waals surface area contributed by atoms with Gasteiger partial charge in [-0.1, -0.05) is 62.9 Å². The fourth-order valence-electron chi connectivity index (χ4n) is 3.57. The number of hydrogen-bond donors (Lipinski definition) is 0. The molecule has 1 aliphatic rings. The van der Waals surface area contributed by atoms with E-state index >= 15 is 0 Å². The average molecular weight is 326 g/mol. The van der Waals surface area contributed by atoms with Gasteiger partial charge in [-0.25, -0.2) is 0 Å². The number of thioether (sulfide) groups is 1. The lowest BCUT2D eigenvalue weighted by atomic mass is 9.77. The molecule has 22 heavy (non-hydrogen) atoms. The Kier molecular flexibility index (Phi) is 7.71. The topological polar surface area (TPSA) is 0 Å². The van der Waals surface area contributed by atoms with Crippen molar-refractivity contribution >= 4 is 11.8 Å². The maximum atomic E-state index is 12.3. The molecular formula is C19H28F2S. The third-order valence-electron chi connectivity index (χ3n) is 4.89. The first-order valence-corrected chi connectivity index (χ1v) is 9.61. The van der Waals surface area contributed by atoms with Crippen molar-refractivity contribution in [2.24, 2.45) is 5.92 Å². The van der Waals surface area contributed by atoms with Crippen molar-refractivity contribution in [3.63, 3.8) is 0 Å². The molecule has 1 aromatic rings. The molecule has 1 aliphatic carbocycles. The second-order valence-electron chi connectivity index (χ2n) is 6.51. The van der Waals surface area contributed by atoms with E-state index in [1.54, 1.807) is 0 Å². The summed E-state index contributed by atoms with van der Waals surface area (Å²) in [6.07, 6.45) is 12.1. The van der Waals surface area contributed by atoms with Gasteiger partial charge in [-0.2, -0.15) is 8.78 Å². The van der Waals surface area contributed by atoms with Gasteiger partial charge in [0, 0.05) is 4.90 Å². The van der Waals surface area contributed by atoms with Crippen LogP contribution in [0.3, 0.4) is 0 Å². The lowest BCUT2D eigenvalue weighted by molar-refractivity contribution is 0.252. The van der Waals surface area contributed by atoms with E-state index in [1.807, 2.05) is 12.1 Å². The van der Waals surface area contributed by atoms with Crippen molar-refractivity contribution < 1.29 is 8.78 Å². The first-order valence-electron chi connectivity index (χ1n) is 8.73. The van der Waals surface area contributed by atoms with E-state index in [-0.39, 0.29) is 0 Å². The van der Waals surface area contributed by atoms with Crippen LogP contribution in [0.1, 0.15) is 76.2 Å². The van der Waals surface area contributed by atoms with E-state index in [4.69, 9.17) is 0 Å². The van der Waals surface area contributed by atoms with Crippen LogP contribution in [0, 0.1) is 5.92 Å². The van der Waals surface area contributed by atoms with Crippen LogP contribution in [0.4, 0.5) is 8.78 Å². The van der Waals surface area contributed by atoms with Gasteiger partial charge in [-0.3, -0.25) is 0 Å². The Morgan fingerprint density at radius 3 is 2.27 bits per heavy atom. The van der Waals surface area contributed by atoms with Crippen molar-refractivity contribution in [2.45, 2.75) is 81.3 Å². The molecule has 2 rings (SSSR count). The molecule has 124 valence electrons. The van der Waals surface area contributed by atoms with E-state index in [2.05, 4.69) is 19.1 Å². The quantitative estimate of drug-likeness (QED) is 0.358. The monoisotopic (exact) mass is 326 g/mol. The maximum Gasteiger partial charge on any atom is 0.288 e. The van der Waals surface area contributed by atoms with Gasteiger partial charge in [0.1, 0.15) is 0 Å². The zero-order valence-electron chi connectivity index (χ0n) is 13.6. The van der Waals surface area contributed by atoms with Gasteiger partial charge in [-0.15, -0.1) is 0 Å². The summed E-state index contributed by atoms with van der Waals surface area (Å²) >= 11 is 0.634. The van der Waals surface area contributed by atoms with Crippen molar-refractivity contribution in [3.8, 4) is 0 Å². The summed E-state index contributed by atoms with van der Waals surface area (Å²) in [5.74, 6) is -0.770. The van der Waals surface area contributed by atoms with Gasteiger partial charge in [0.05, 0.1) is 0 Å². The van der Waals surface area contributed by atoms with E-state index < -0.39 is 5.76 Å². The molecule has 0 unspecified atom stereocenters. The summed E-state index contributed by atoms with van der Waals surface area (Å²) in [5, 5.41) is 0. The zero-order chi connectivity index (χ0) is 15.8. The summed E-state index contributed by atoms with van der Waals surface area (Å²) in [7, 11) is 0. The second kappa shape index (κ2) is 9.54. The summed E-state index contributed by atoms with van der Waals surface area (Å²) in [5.41, 5.74) is 1.34. The molecule has 3 heteroatoms. The number of hydrogen-bond acceptors (Lipinski definition) is 1. The highest BCUT2D eigenvalue weighted by atomic mass is 32.2. The Labute approximate surface area is 138 Å². The van der Waals surface area contributed by atoms with Crippen molar-refractivity contribution in [3.05, 3.63) is 29.8 Å². The zero-order valence-corrected chi connectivity index (χ0v) is 14.4. The van der Waals surface area contributed by atoms with Gasteiger partial charge in [0.15, 0.2) is 0 Å². The molecule has 0 bridgehead atoms. The number of halogens is 2. The third kappa shape index (κ3) is 5.91. The molecule has 0 heterocycles. The minimum atomic E-state index is -2.33. The van der Waals surface area contributed by atoms with Crippen LogP contribution in [-0.2, 0) is 0 Å². The van der Waals surface area contributed by atoms with Gasteiger partial charge < -0.3 is 0 Å². The van der Waals surface area contributed by atoms with E-state index in [9.17, 15) is 8.78 Å². The molecule has 0 amide bonds. The molecular weight excluding hydrogens is 298 g/mol. The van der Waals surface area contributed by atoms with Crippen molar-refractivity contribution in [1.82, 2.24) is 0 Å². The SMILES string of the molecule is CCCCCCC1CCC(c2ccc(SC(F)F)cc2)CC1. The summed E-state index contributed by atoms with van der Waals surface area (Å²) in [4.78, 5) is 0.670. The molecule has 0 N–H and O–H groups in total. The average Bonchev–Trinajstić information content (AvgIpc) is 2.52. The van der Waals surface area contributed by atoms with E-state index in [1.165, 1.54) is 63.4 Å². The Bertz CT molecular complexity index is 408. The van der Waals surface area contributed by atoms with Gasteiger partial charge in [0.2, 0.25) is 0 Å². The molecule has 0 nitrogen and oxygen atoms in total. The van der Waals surface area contributed by atoms with Crippen LogP contribution in [0.25, 0.3) is 0 Å². The maximum absolute atomic E-state index is 12.3. The lowest BCUT2D eigenvalue weighted by Gasteiger charge is -2.29. The van der Waals surface area contributed by atoms with Crippen molar-refractivity contribution in [2.75, 3.05) is 0 Å². The summed E-state index contributed by atoms with van der Waals surface area (Å²) in [6, 6.07) is 7.81. The molecule has 0 spiro atoms. The second-order valence-corrected chi connectivity index (χ2v) is 7.58. The Hall–Kier alpha value is -0.570. The normalized spacial score (nSPS) is 22.2. The predicted molar refractivity (Wildman–Crippen MR) is 91.8 cm³/mol. The van der Waals surface area contributed by atoms with Crippen LogP contribution in [0.5, 0.6) is 0 Å². The molecule has 0 aromatic heterocycles. The van der Waals surface area contributed by atoms with E-state index in [0.717, 1.165) is 5.92 Å². The number of benzene rings is 1. The van der Waals surface area contributed by atoms with Gasteiger partial charge in [0.25, 0.3) is 5.76 Å². The molecule has 1 saturated carbocycles. The first kappa shape index (κ1) is 17.8. The Morgan fingerprint density at radius 1 is 1.00 bits per heavy atom. The van der Waals surface area contributed by atoms with Crippen LogP contribution in [0.2, 0.25) is 0 Å². The largest absolute Gasteiger partial charge is 0.288 e. The highest BCUT2D eigenvalue weighted by Crippen LogP contribution is 2.38. The fourth-order valence-corrected chi connectivity index (χ4v) is 4.06. The molecule has 1 fully saturated rings. The van der Waals surface area contributed by atoms with Gasteiger partial charge >= 0.3 is 0 Å². The fraction of sp³-hybridized carbons (Fsp3) is 0.684. The highest BCUT2D eigenvalue weighted by Gasteiger charge is 2.22. The molecule has 0 aliphatic heterocycles. The van der Waals surface area contributed by atoms with E-state index in [0.29, 0.717) is 22.6 Å². The van der Waals surface area contributed by atoms with Crippen LogP contribution in [0.15, 0.2) is 29.2 Å². The number of alkyl halides is 2. The number of rotatable bonds is 8. The minimum absolute atomic E-state index is 0.634. The van der Waals surface area contributed by atoms with Gasteiger partial charge in [-0.05, 0) is 55.2 Å². The standard InChI is InChI=1S/C19H28F2S/c1-2-3-4-5-6-15-7-9-16(10-8-15)17-11-13-18(14-12-17)22-19(20)21/h11-16,19H,2-10H2,1H3. The van der Waals surface area contributed by atoms with Crippen LogP contribution in [-0.4, -0.2) is 5.76 Å². The molecule has 0 saturated heterocycles. The van der Waals surface area contributed by atoms with Crippen molar-refractivity contribution in [1.29, 1.82) is 0 Å². The third-order valence-corrected chi connectivity index (χ3v) is 5.61. The highest BCUT2D eigenvalue weighted by molar-refractivity contribution is 7.99. The molecule has 1 aromatic carbocycles. The summed E-state index contributed by atoms with van der Waals surface area (Å²) < 4.78 is 24.7. The minimum Gasteiger partial charge on any atom is -0.198 e. The first-order chi connectivity index (χ1) is 10.7. The Balaban J connectivity index is 1.74. The van der Waals surface area contributed by atoms with Crippen LogP contribution >= 0.6 is 11.8 Å². The predicted octanol–water partition coefficient (Wildman–Crippen LogP) is 7.25. The molecule has 0 radical (unpaired) electrons.